The van der Waals surface area contributed by atoms with Crippen LogP contribution in [0.1, 0.15) is 0 Å². The molecule has 0 atom stereocenters. The van der Waals surface area contributed by atoms with Crippen molar-refractivity contribution in [2.24, 2.45) is 0 Å². The number of ether oxygens (including phenoxy) is 1. The van der Waals surface area contributed by atoms with Gasteiger partial charge >= 0.3 is 0 Å². The number of nitrogens with two attached hydrogens (primary N) is 1. The van der Waals surface area contributed by atoms with Gasteiger partial charge in [-0.1, -0.05) is 6.07 Å². The molecule has 3 aromatic rings. The van der Waals surface area contributed by atoms with Crippen LogP contribution in [0.4, 0.5) is 11.6 Å². The quantitative estimate of drug-likeness (QED) is 0.802. The molecule has 0 aliphatic carbocycles. The number of hydrogen-bond donors (Lipinski definition) is 1. The molecule has 1 aromatic heterocycles. The zero-order valence-electron chi connectivity index (χ0n) is 12.4. The van der Waals surface area contributed by atoms with Crippen LogP contribution in [0.3, 0.4) is 0 Å². The summed E-state index contributed by atoms with van der Waals surface area (Å²) in [6.07, 6.45) is 0. The van der Waals surface area contributed by atoms with E-state index in [9.17, 15) is 0 Å². The van der Waals surface area contributed by atoms with Gasteiger partial charge in [-0.2, -0.15) is 0 Å². The number of benzene rings is 2. The van der Waals surface area contributed by atoms with Crippen LogP contribution in [0.5, 0.6) is 5.75 Å². The fourth-order valence-corrected chi connectivity index (χ4v) is 2.39. The van der Waals surface area contributed by atoms with Crippen molar-refractivity contribution in [2.45, 2.75) is 0 Å². The van der Waals surface area contributed by atoms with Crippen molar-refractivity contribution in [3.8, 4) is 11.4 Å². The van der Waals surface area contributed by atoms with Crippen molar-refractivity contribution in [1.29, 1.82) is 0 Å². The Kier molecular flexibility index (Phi) is 3.17. The number of imidazole rings is 1. The molecule has 2 N–H and O–H groups in total. The van der Waals surface area contributed by atoms with Crippen LogP contribution >= 0.6 is 0 Å². The Bertz CT molecular complexity index is 792. The van der Waals surface area contributed by atoms with Gasteiger partial charge in [0.25, 0.3) is 0 Å². The normalized spacial score (nSPS) is 10.8. The number of nitrogens with zero attached hydrogens (tertiary/aromatic N) is 3. The average molecular weight is 282 g/mol. The highest BCUT2D eigenvalue weighted by Gasteiger charge is 2.11. The minimum Gasteiger partial charge on any atom is -0.497 e. The third-order valence-electron chi connectivity index (χ3n) is 3.49. The summed E-state index contributed by atoms with van der Waals surface area (Å²) >= 11 is 0. The fourth-order valence-electron chi connectivity index (χ4n) is 2.39. The molecule has 0 fully saturated rings. The topological polar surface area (TPSA) is 56.3 Å². The predicted molar refractivity (Wildman–Crippen MR) is 86.4 cm³/mol. The van der Waals surface area contributed by atoms with E-state index < -0.39 is 0 Å². The van der Waals surface area contributed by atoms with Crippen LogP contribution in [0.2, 0.25) is 0 Å². The summed E-state index contributed by atoms with van der Waals surface area (Å²) in [6.45, 7) is 0. The van der Waals surface area contributed by atoms with E-state index in [-0.39, 0.29) is 0 Å². The Labute approximate surface area is 123 Å². The average Bonchev–Trinajstić information content (AvgIpc) is 2.82. The maximum Gasteiger partial charge on any atom is 0.205 e. The first kappa shape index (κ1) is 13.3. The summed E-state index contributed by atoms with van der Waals surface area (Å²) in [7, 11) is 5.67. The molecule has 0 bridgehead atoms. The first-order chi connectivity index (χ1) is 10.1. The van der Waals surface area contributed by atoms with Gasteiger partial charge in [0.1, 0.15) is 5.75 Å². The van der Waals surface area contributed by atoms with Crippen LogP contribution in [-0.4, -0.2) is 30.8 Å². The molecule has 2 aromatic carbocycles. The number of hydrogen-bond acceptors (Lipinski definition) is 4. The zero-order valence-corrected chi connectivity index (χ0v) is 12.4. The van der Waals surface area contributed by atoms with Crippen molar-refractivity contribution < 1.29 is 4.74 Å². The maximum absolute atomic E-state index is 6.10. The Balaban J connectivity index is 2.20. The van der Waals surface area contributed by atoms with Crippen molar-refractivity contribution in [1.82, 2.24) is 9.55 Å². The third kappa shape index (κ3) is 2.27. The van der Waals surface area contributed by atoms with Crippen molar-refractivity contribution >= 4 is 22.7 Å². The van der Waals surface area contributed by atoms with Gasteiger partial charge in [-0.3, -0.25) is 4.57 Å². The number of fused-ring (bicyclic) bond motifs is 1. The fraction of sp³-hybridized carbons (Fsp3) is 0.188. The monoisotopic (exact) mass is 282 g/mol. The lowest BCUT2D eigenvalue weighted by Gasteiger charge is -2.14. The van der Waals surface area contributed by atoms with E-state index in [1.807, 2.05) is 49.0 Å². The minimum atomic E-state index is 0.467. The van der Waals surface area contributed by atoms with Crippen LogP contribution in [-0.2, 0) is 0 Å². The first-order valence-electron chi connectivity index (χ1n) is 6.70. The van der Waals surface area contributed by atoms with Gasteiger partial charge in [0.15, 0.2) is 0 Å². The molecule has 0 saturated carbocycles. The summed E-state index contributed by atoms with van der Waals surface area (Å²) < 4.78 is 7.18. The third-order valence-corrected chi connectivity index (χ3v) is 3.49. The Hall–Kier alpha value is -2.69. The van der Waals surface area contributed by atoms with Crippen LogP contribution in [0, 0.1) is 0 Å². The van der Waals surface area contributed by atoms with Crippen molar-refractivity contribution in [2.75, 3.05) is 31.8 Å². The van der Waals surface area contributed by atoms with Gasteiger partial charge < -0.3 is 15.4 Å². The second-order valence-electron chi connectivity index (χ2n) is 5.07. The number of rotatable bonds is 3. The Morgan fingerprint density at radius 3 is 2.67 bits per heavy atom. The standard InChI is InChI=1S/C16H18N4O/c1-19(2)11-5-4-6-12(9-11)20-15-8-7-13(21-3)10-14(15)18-16(20)17/h4-10H,1-3H3,(H2,17,18). The maximum atomic E-state index is 6.10. The molecule has 0 unspecified atom stereocenters. The first-order valence-corrected chi connectivity index (χ1v) is 6.70. The van der Waals surface area contributed by atoms with E-state index in [0.717, 1.165) is 28.2 Å². The lowest BCUT2D eigenvalue weighted by molar-refractivity contribution is 0.415. The van der Waals surface area contributed by atoms with Gasteiger partial charge in [0, 0.05) is 25.8 Å². The summed E-state index contributed by atoms with van der Waals surface area (Å²) in [4.78, 5) is 6.48. The molecule has 0 spiro atoms. The summed E-state index contributed by atoms with van der Waals surface area (Å²) in [5.74, 6) is 1.24. The summed E-state index contributed by atoms with van der Waals surface area (Å²) in [5.41, 5.74) is 9.99. The molecule has 0 radical (unpaired) electrons. The van der Waals surface area contributed by atoms with Gasteiger partial charge in [-0.15, -0.1) is 0 Å². The number of anilines is 2. The molecular weight excluding hydrogens is 264 g/mol. The lowest BCUT2D eigenvalue weighted by Crippen LogP contribution is -2.09. The zero-order chi connectivity index (χ0) is 15.0. The van der Waals surface area contributed by atoms with Gasteiger partial charge in [0.2, 0.25) is 5.95 Å². The molecule has 3 rings (SSSR count). The number of nitrogen functional groups attached to an aromatic ring is 1. The van der Waals surface area contributed by atoms with Crippen LogP contribution in [0.15, 0.2) is 42.5 Å². The van der Waals surface area contributed by atoms with E-state index in [4.69, 9.17) is 10.5 Å². The lowest BCUT2D eigenvalue weighted by atomic mass is 10.2. The largest absolute Gasteiger partial charge is 0.497 e. The van der Waals surface area contributed by atoms with E-state index in [0.29, 0.717) is 5.95 Å². The molecule has 1 heterocycles. The van der Waals surface area contributed by atoms with Crippen LogP contribution in [0.25, 0.3) is 16.7 Å². The van der Waals surface area contributed by atoms with Gasteiger partial charge in [0.05, 0.1) is 23.8 Å². The summed E-state index contributed by atoms with van der Waals surface area (Å²) in [6, 6.07) is 13.9. The minimum absolute atomic E-state index is 0.467. The molecule has 21 heavy (non-hydrogen) atoms. The second kappa shape index (κ2) is 5.01. The molecule has 0 aliphatic rings. The molecule has 108 valence electrons. The highest BCUT2D eigenvalue weighted by Crippen LogP contribution is 2.27. The van der Waals surface area contributed by atoms with E-state index in [2.05, 4.69) is 22.0 Å². The predicted octanol–water partition coefficient (Wildman–Crippen LogP) is 2.68. The molecule has 0 amide bonds. The van der Waals surface area contributed by atoms with Crippen LogP contribution < -0.4 is 15.4 Å². The van der Waals surface area contributed by atoms with Crippen molar-refractivity contribution in [3.05, 3.63) is 42.5 Å². The Morgan fingerprint density at radius 1 is 1.14 bits per heavy atom. The van der Waals surface area contributed by atoms with E-state index >= 15 is 0 Å². The van der Waals surface area contributed by atoms with Gasteiger partial charge in [-0.25, -0.2) is 4.98 Å². The van der Waals surface area contributed by atoms with E-state index in [1.54, 1.807) is 7.11 Å². The van der Waals surface area contributed by atoms with Crippen molar-refractivity contribution in [3.63, 3.8) is 0 Å². The molecule has 5 nitrogen and oxygen atoms in total. The molecule has 0 saturated heterocycles. The molecule has 5 heteroatoms. The van der Waals surface area contributed by atoms with Gasteiger partial charge in [-0.05, 0) is 30.3 Å². The highest BCUT2D eigenvalue weighted by atomic mass is 16.5. The highest BCUT2D eigenvalue weighted by molar-refractivity contribution is 5.82. The molecule has 0 aliphatic heterocycles. The Morgan fingerprint density at radius 2 is 1.95 bits per heavy atom. The molecular formula is C16H18N4O. The van der Waals surface area contributed by atoms with E-state index in [1.165, 1.54) is 0 Å². The SMILES string of the molecule is COc1ccc2c(c1)nc(N)n2-c1cccc(N(C)C)c1. The smallest absolute Gasteiger partial charge is 0.205 e. The number of methoxy groups -OCH3 is 1. The number of aromatic nitrogens is 2. The summed E-state index contributed by atoms with van der Waals surface area (Å²) in [5, 5.41) is 0. The second-order valence-corrected chi connectivity index (χ2v) is 5.07.